The zero-order chi connectivity index (χ0) is 15.8. The molecule has 0 radical (unpaired) electrons. The summed E-state index contributed by atoms with van der Waals surface area (Å²) < 4.78 is 7.49. The smallest absolute Gasteiger partial charge is 0.195 e. The van der Waals surface area contributed by atoms with E-state index in [4.69, 9.17) is 16.0 Å². The Hall–Kier alpha value is -2.55. The SMILES string of the molecule is N#CCc1c(-c2ccco2)nc2scc(-c3ccc(Cl)cc3)n12. The van der Waals surface area contributed by atoms with E-state index in [1.165, 1.54) is 11.3 Å². The van der Waals surface area contributed by atoms with Crippen LogP contribution in [0.4, 0.5) is 0 Å². The summed E-state index contributed by atoms with van der Waals surface area (Å²) in [5, 5.41) is 12.0. The maximum atomic E-state index is 9.22. The number of fused-ring (bicyclic) bond motifs is 1. The molecule has 0 unspecified atom stereocenters. The third kappa shape index (κ3) is 2.33. The summed E-state index contributed by atoms with van der Waals surface area (Å²) in [4.78, 5) is 5.49. The van der Waals surface area contributed by atoms with E-state index < -0.39 is 0 Å². The second-order valence-corrected chi connectivity index (χ2v) is 6.24. The van der Waals surface area contributed by atoms with Crippen LogP contribution in [0, 0.1) is 11.3 Å². The highest BCUT2D eigenvalue weighted by atomic mass is 35.5. The Balaban J connectivity index is 1.97. The molecule has 0 bridgehead atoms. The molecule has 6 heteroatoms. The molecule has 0 fully saturated rings. The van der Waals surface area contributed by atoms with Gasteiger partial charge >= 0.3 is 0 Å². The summed E-state index contributed by atoms with van der Waals surface area (Å²) >= 11 is 7.51. The third-order valence-corrected chi connectivity index (χ3v) is 4.68. The lowest BCUT2D eigenvalue weighted by Crippen LogP contribution is -1.94. The molecule has 0 saturated heterocycles. The van der Waals surface area contributed by atoms with Crippen molar-refractivity contribution in [3.63, 3.8) is 0 Å². The molecule has 0 atom stereocenters. The van der Waals surface area contributed by atoms with Crippen LogP contribution >= 0.6 is 22.9 Å². The van der Waals surface area contributed by atoms with Crippen molar-refractivity contribution in [1.82, 2.24) is 9.38 Å². The zero-order valence-electron chi connectivity index (χ0n) is 11.9. The second kappa shape index (κ2) is 5.58. The topological polar surface area (TPSA) is 54.2 Å². The largest absolute Gasteiger partial charge is 0.463 e. The molecule has 0 saturated carbocycles. The van der Waals surface area contributed by atoms with Gasteiger partial charge in [0.2, 0.25) is 0 Å². The van der Waals surface area contributed by atoms with Crippen LogP contribution in [0.1, 0.15) is 5.69 Å². The molecule has 3 heterocycles. The summed E-state index contributed by atoms with van der Waals surface area (Å²) in [7, 11) is 0. The number of hydrogen-bond donors (Lipinski definition) is 0. The predicted molar refractivity (Wildman–Crippen MR) is 90.5 cm³/mol. The van der Waals surface area contributed by atoms with E-state index in [1.54, 1.807) is 6.26 Å². The Kier molecular flexibility index (Phi) is 3.41. The van der Waals surface area contributed by atoms with Crippen LogP contribution in [0.15, 0.2) is 52.5 Å². The van der Waals surface area contributed by atoms with Gasteiger partial charge in [-0.05, 0) is 29.8 Å². The first-order valence-corrected chi connectivity index (χ1v) is 8.19. The van der Waals surface area contributed by atoms with E-state index in [2.05, 4.69) is 11.1 Å². The molecule has 112 valence electrons. The van der Waals surface area contributed by atoms with Crippen LogP contribution in [-0.4, -0.2) is 9.38 Å². The average molecular weight is 340 g/mol. The van der Waals surface area contributed by atoms with Gasteiger partial charge in [0, 0.05) is 10.4 Å². The lowest BCUT2D eigenvalue weighted by Gasteiger charge is -2.04. The van der Waals surface area contributed by atoms with E-state index in [0.29, 0.717) is 10.8 Å². The molecule has 1 aromatic carbocycles. The Morgan fingerprint density at radius 2 is 2.09 bits per heavy atom. The van der Waals surface area contributed by atoms with Gasteiger partial charge in [0.15, 0.2) is 10.7 Å². The molecule has 0 aliphatic heterocycles. The maximum absolute atomic E-state index is 9.22. The fourth-order valence-electron chi connectivity index (χ4n) is 2.59. The highest BCUT2D eigenvalue weighted by Crippen LogP contribution is 2.33. The molecule has 0 aliphatic rings. The number of benzene rings is 1. The van der Waals surface area contributed by atoms with Crippen molar-refractivity contribution in [3.8, 4) is 28.8 Å². The van der Waals surface area contributed by atoms with E-state index in [9.17, 15) is 5.26 Å². The fraction of sp³-hybridized carbons (Fsp3) is 0.0588. The first-order valence-electron chi connectivity index (χ1n) is 6.93. The van der Waals surface area contributed by atoms with Gasteiger partial charge in [0.1, 0.15) is 5.69 Å². The van der Waals surface area contributed by atoms with Gasteiger partial charge in [0.25, 0.3) is 0 Å². The van der Waals surface area contributed by atoms with E-state index in [0.717, 1.165) is 27.6 Å². The monoisotopic (exact) mass is 339 g/mol. The minimum Gasteiger partial charge on any atom is -0.463 e. The van der Waals surface area contributed by atoms with Crippen molar-refractivity contribution in [2.24, 2.45) is 0 Å². The molecule has 4 rings (SSSR count). The highest BCUT2D eigenvalue weighted by molar-refractivity contribution is 7.15. The van der Waals surface area contributed by atoms with Gasteiger partial charge in [-0.3, -0.25) is 4.40 Å². The Morgan fingerprint density at radius 3 is 2.78 bits per heavy atom. The van der Waals surface area contributed by atoms with Gasteiger partial charge in [0.05, 0.1) is 30.1 Å². The summed E-state index contributed by atoms with van der Waals surface area (Å²) in [6.07, 6.45) is 1.87. The normalized spacial score (nSPS) is 11.0. The molecule has 3 aromatic heterocycles. The lowest BCUT2D eigenvalue weighted by atomic mass is 10.1. The van der Waals surface area contributed by atoms with Crippen molar-refractivity contribution >= 4 is 27.9 Å². The van der Waals surface area contributed by atoms with E-state index in [-0.39, 0.29) is 6.42 Å². The molecule has 0 aliphatic carbocycles. The standard InChI is InChI=1S/C17H10ClN3OS/c18-12-5-3-11(4-6-12)14-10-23-17-20-16(15-2-1-9-22-15)13(7-8-19)21(14)17/h1-6,9-10H,7H2. The minimum absolute atomic E-state index is 0.258. The third-order valence-electron chi connectivity index (χ3n) is 3.60. The molecular formula is C17H10ClN3OS. The number of aromatic nitrogens is 2. The fourth-order valence-corrected chi connectivity index (χ4v) is 3.63. The number of halogens is 1. The van der Waals surface area contributed by atoms with Gasteiger partial charge in [-0.1, -0.05) is 23.7 Å². The Labute approximate surface area is 141 Å². The number of furan rings is 1. The van der Waals surface area contributed by atoms with Crippen LogP contribution in [0.2, 0.25) is 5.02 Å². The summed E-state index contributed by atoms with van der Waals surface area (Å²) in [6.45, 7) is 0. The molecule has 0 N–H and O–H groups in total. The molecule has 0 amide bonds. The van der Waals surface area contributed by atoms with E-state index >= 15 is 0 Å². The highest BCUT2D eigenvalue weighted by Gasteiger charge is 2.20. The minimum atomic E-state index is 0.258. The van der Waals surface area contributed by atoms with Crippen molar-refractivity contribution in [3.05, 3.63) is 58.8 Å². The number of nitrogens with zero attached hydrogens (tertiary/aromatic N) is 3. The van der Waals surface area contributed by atoms with Gasteiger partial charge in [-0.15, -0.1) is 11.3 Å². The van der Waals surface area contributed by atoms with Crippen molar-refractivity contribution in [2.45, 2.75) is 6.42 Å². The van der Waals surface area contributed by atoms with Crippen LogP contribution in [0.25, 0.3) is 27.7 Å². The summed E-state index contributed by atoms with van der Waals surface area (Å²) in [5.41, 5.74) is 3.59. The van der Waals surface area contributed by atoms with Gasteiger partial charge in [-0.2, -0.15) is 5.26 Å². The summed E-state index contributed by atoms with van der Waals surface area (Å²) in [5.74, 6) is 0.674. The van der Waals surface area contributed by atoms with Crippen LogP contribution in [-0.2, 0) is 6.42 Å². The number of rotatable bonds is 3. The number of nitriles is 1. The number of imidazole rings is 1. The predicted octanol–water partition coefficient (Wildman–Crippen LogP) is 5.04. The zero-order valence-corrected chi connectivity index (χ0v) is 13.4. The molecular weight excluding hydrogens is 330 g/mol. The maximum Gasteiger partial charge on any atom is 0.195 e. The first kappa shape index (κ1) is 14.1. The van der Waals surface area contributed by atoms with E-state index in [1.807, 2.05) is 46.2 Å². The average Bonchev–Trinajstić information content (AvgIpc) is 3.25. The van der Waals surface area contributed by atoms with Crippen molar-refractivity contribution in [1.29, 1.82) is 5.26 Å². The molecule has 0 spiro atoms. The Bertz CT molecular complexity index is 1010. The Morgan fingerprint density at radius 1 is 1.26 bits per heavy atom. The van der Waals surface area contributed by atoms with Crippen LogP contribution < -0.4 is 0 Å². The van der Waals surface area contributed by atoms with Crippen LogP contribution in [0.3, 0.4) is 0 Å². The quantitative estimate of drug-likeness (QED) is 0.525. The van der Waals surface area contributed by atoms with Crippen molar-refractivity contribution < 1.29 is 4.42 Å². The lowest BCUT2D eigenvalue weighted by molar-refractivity contribution is 0.580. The van der Waals surface area contributed by atoms with Gasteiger partial charge in [-0.25, -0.2) is 4.98 Å². The molecule has 4 aromatic rings. The summed E-state index contributed by atoms with van der Waals surface area (Å²) in [6, 6.07) is 13.5. The van der Waals surface area contributed by atoms with Crippen molar-refractivity contribution in [2.75, 3.05) is 0 Å². The number of thiazole rings is 1. The van der Waals surface area contributed by atoms with Gasteiger partial charge < -0.3 is 4.42 Å². The number of hydrogen-bond acceptors (Lipinski definition) is 4. The molecule has 4 nitrogen and oxygen atoms in total. The first-order chi connectivity index (χ1) is 11.3. The van der Waals surface area contributed by atoms with Crippen LogP contribution in [0.5, 0.6) is 0 Å². The molecule has 23 heavy (non-hydrogen) atoms. The second-order valence-electron chi connectivity index (χ2n) is 4.97.